The first-order chi connectivity index (χ1) is 27.3. The largest absolute Gasteiger partial charge is 0.456 e. The SMILES string of the molecule is CC1(C)c2ccccc2-c2ccc(N(c3ccc(-c4ccccc4)cc3)c3cccc4oc5cc6c(c(-c7ccccc7)c5c34)-c3ccccc3C6(C)C)cc21. The highest BCUT2D eigenvalue weighted by Crippen LogP contribution is 2.57. The minimum absolute atomic E-state index is 0.139. The molecule has 11 rings (SSSR count). The van der Waals surface area contributed by atoms with E-state index >= 15 is 0 Å². The van der Waals surface area contributed by atoms with Crippen LogP contribution >= 0.6 is 0 Å². The molecule has 2 aliphatic carbocycles. The summed E-state index contributed by atoms with van der Waals surface area (Å²) in [7, 11) is 0. The third-order valence-electron chi connectivity index (χ3n) is 12.7. The zero-order chi connectivity index (χ0) is 37.8. The van der Waals surface area contributed by atoms with Gasteiger partial charge in [0, 0.05) is 33.2 Å². The lowest BCUT2D eigenvalue weighted by molar-refractivity contribution is 0.647. The van der Waals surface area contributed by atoms with Crippen LogP contribution in [0.1, 0.15) is 49.9 Å². The van der Waals surface area contributed by atoms with Gasteiger partial charge in [0.2, 0.25) is 0 Å². The van der Waals surface area contributed by atoms with E-state index in [1.54, 1.807) is 0 Å². The van der Waals surface area contributed by atoms with Crippen molar-refractivity contribution in [1.82, 2.24) is 0 Å². The molecule has 268 valence electrons. The van der Waals surface area contributed by atoms with Gasteiger partial charge in [-0.05, 0) is 104 Å². The van der Waals surface area contributed by atoms with Crippen LogP contribution in [0.2, 0.25) is 0 Å². The Balaban J connectivity index is 1.22. The van der Waals surface area contributed by atoms with Gasteiger partial charge in [-0.2, -0.15) is 0 Å². The molecular formula is C54H41NO. The molecule has 0 aliphatic heterocycles. The highest BCUT2D eigenvalue weighted by molar-refractivity contribution is 6.22. The Morgan fingerprint density at radius 1 is 0.375 bits per heavy atom. The van der Waals surface area contributed by atoms with E-state index in [0.717, 1.165) is 39.0 Å². The Labute approximate surface area is 328 Å². The lowest BCUT2D eigenvalue weighted by Gasteiger charge is -2.29. The predicted molar refractivity (Wildman–Crippen MR) is 234 cm³/mol. The average Bonchev–Trinajstić information content (AvgIpc) is 3.81. The van der Waals surface area contributed by atoms with Crippen LogP contribution in [-0.4, -0.2) is 0 Å². The fourth-order valence-corrected chi connectivity index (χ4v) is 9.90. The van der Waals surface area contributed by atoms with E-state index in [2.05, 4.69) is 209 Å². The minimum Gasteiger partial charge on any atom is -0.456 e. The average molecular weight is 720 g/mol. The maximum atomic E-state index is 6.99. The van der Waals surface area contributed by atoms with Crippen LogP contribution < -0.4 is 4.90 Å². The molecule has 56 heavy (non-hydrogen) atoms. The third-order valence-corrected chi connectivity index (χ3v) is 12.7. The van der Waals surface area contributed by atoms with E-state index in [0.29, 0.717) is 0 Å². The van der Waals surface area contributed by atoms with Crippen molar-refractivity contribution < 1.29 is 4.42 Å². The second-order valence-electron chi connectivity index (χ2n) is 16.5. The summed E-state index contributed by atoms with van der Waals surface area (Å²) in [6.07, 6.45) is 0. The summed E-state index contributed by atoms with van der Waals surface area (Å²) in [4.78, 5) is 2.45. The maximum absolute atomic E-state index is 6.99. The number of fused-ring (bicyclic) bond motifs is 9. The van der Waals surface area contributed by atoms with Gasteiger partial charge in [0.05, 0.1) is 11.1 Å². The highest BCUT2D eigenvalue weighted by atomic mass is 16.3. The molecule has 0 amide bonds. The molecule has 0 saturated carbocycles. The Bertz CT molecular complexity index is 3000. The van der Waals surface area contributed by atoms with Crippen LogP contribution in [0.5, 0.6) is 0 Å². The van der Waals surface area contributed by atoms with Gasteiger partial charge in [-0.1, -0.05) is 161 Å². The molecule has 0 radical (unpaired) electrons. The van der Waals surface area contributed by atoms with Crippen molar-refractivity contribution in [3.05, 3.63) is 198 Å². The van der Waals surface area contributed by atoms with Crippen molar-refractivity contribution in [2.75, 3.05) is 4.90 Å². The first-order valence-corrected chi connectivity index (χ1v) is 19.7. The van der Waals surface area contributed by atoms with Gasteiger partial charge in [0.1, 0.15) is 11.2 Å². The molecule has 0 atom stereocenters. The zero-order valence-corrected chi connectivity index (χ0v) is 32.1. The van der Waals surface area contributed by atoms with Crippen LogP contribution in [0.15, 0.2) is 180 Å². The first kappa shape index (κ1) is 32.8. The number of hydrogen-bond donors (Lipinski definition) is 0. The summed E-state index contributed by atoms with van der Waals surface area (Å²) in [6, 6.07) is 64.4. The Morgan fingerprint density at radius 3 is 1.68 bits per heavy atom. The standard InChI is InChI=1S/C54H41NO/c1-53(2)42-22-13-11-20-39(42)40-31-30-38(32-44(40)53)55(37-28-26-35(27-29-37)34-16-7-5-8-17-34)46-24-15-25-47-51(46)52-48(56-47)33-45-50(49(52)36-18-9-6-10-19-36)41-21-12-14-23-43(41)54(45,3)4/h5-33H,1-4H3. The molecular weight excluding hydrogens is 679 g/mol. The molecule has 0 fully saturated rings. The molecule has 8 aromatic carbocycles. The van der Waals surface area contributed by atoms with Crippen LogP contribution in [0, 0.1) is 0 Å². The molecule has 0 spiro atoms. The normalized spacial score (nSPS) is 14.4. The summed E-state index contributed by atoms with van der Waals surface area (Å²) in [5, 5.41) is 2.26. The van der Waals surface area contributed by atoms with Gasteiger partial charge in [0.15, 0.2) is 0 Å². The molecule has 0 bridgehead atoms. The van der Waals surface area contributed by atoms with Gasteiger partial charge >= 0.3 is 0 Å². The maximum Gasteiger partial charge on any atom is 0.137 e. The number of hydrogen-bond acceptors (Lipinski definition) is 2. The number of furan rings is 1. The number of rotatable bonds is 5. The third kappa shape index (κ3) is 4.62. The Morgan fingerprint density at radius 2 is 0.946 bits per heavy atom. The van der Waals surface area contributed by atoms with Gasteiger partial charge in [-0.15, -0.1) is 0 Å². The van der Waals surface area contributed by atoms with Gasteiger partial charge in [0.25, 0.3) is 0 Å². The van der Waals surface area contributed by atoms with Crippen molar-refractivity contribution in [3.8, 4) is 44.5 Å². The highest BCUT2D eigenvalue weighted by Gasteiger charge is 2.39. The second kappa shape index (κ2) is 11.9. The lowest BCUT2D eigenvalue weighted by atomic mass is 9.81. The Kier molecular flexibility index (Phi) is 6.98. The van der Waals surface area contributed by atoms with Crippen molar-refractivity contribution in [2.24, 2.45) is 0 Å². The predicted octanol–water partition coefficient (Wildman–Crippen LogP) is 15.0. The number of anilines is 3. The summed E-state index contributed by atoms with van der Waals surface area (Å²) in [5.74, 6) is 0. The fraction of sp³-hybridized carbons (Fsp3) is 0.111. The van der Waals surface area contributed by atoms with Crippen molar-refractivity contribution in [2.45, 2.75) is 38.5 Å². The van der Waals surface area contributed by atoms with Crippen molar-refractivity contribution in [3.63, 3.8) is 0 Å². The molecule has 9 aromatic rings. The number of benzene rings is 8. The van der Waals surface area contributed by atoms with Crippen molar-refractivity contribution >= 4 is 39.0 Å². The lowest BCUT2D eigenvalue weighted by Crippen LogP contribution is -2.16. The topological polar surface area (TPSA) is 16.4 Å². The van der Waals surface area contributed by atoms with E-state index in [1.165, 1.54) is 66.8 Å². The molecule has 2 aliphatic rings. The summed E-state index contributed by atoms with van der Waals surface area (Å²) in [5.41, 5.74) is 20.2. The molecule has 0 saturated heterocycles. The van der Waals surface area contributed by atoms with Crippen molar-refractivity contribution in [1.29, 1.82) is 0 Å². The van der Waals surface area contributed by atoms with E-state index in [4.69, 9.17) is 4.42 Å². The van der Waals surface area contributed by atoms with Gasteiger partial charge < -0.3 is 9.32 Å². The first-order valence-electron chi connectivity index (χ1n) is 19.7. The summed E-state index contributed by atoms with van der Waals surface area (Å²) in [6.45, 7) is 9.41. The number of nitrogens with zero attached hydrogens (tertiary/aromatic N) is 1. The van der Waals surface area contributed by atoms with Gasteiger partial charge in [-0.3, -0.25) is 0 Å². The van der Waals surface area contributed by atoms with Crippen LogP contribution in [0.4, 0.5) is 17.1 Å². The molecule has 1 heterocycles. The van der Waals surface area contributed by atoms with E-state index < -0.39 is 0 Å². The minimum atomic E-state index is -0.174. The Hall–Kier alpha value is -6.64. The monoisotopic (exact) mass is 719 g/mol. The zero-order valence-electron chi connectivity index (χ0n) is 32.1. The van der Waals surface area contributed by atoms with Crippen LogP contribution in [0.25, 0.3) is 66.4 Å². The molecule has 0 unspecified atom stereocenters. The molecule has 2 heteroatoms. The van der Waals surface area contributed by atoms with E-state index in [-0.39, 0.29) is 10.8 Å². The van der Waals surface area contributed by atoms with E-state index in [1.807, 2.05) is 0 Å². The van der Waals surface area contributed by atoms with Gasteiger partial charge in [-0.25, -0.2) is 0 Å². The molecule has 1 aromatic heterocycles. The molecule has 2 nitrogen and oxygen atoms in total. The smallest absolute Gasteiger partial charge is 0.137 e. The fourth-order valence-electron chi connectivity index (χ4n) is 9.90. The second-order valence-corrected chi connectivity index (χ2v) is 16.5. The van der Waals surface area contributed by atoms with Crippen LogP contribution in [-0.2, 0) is 10.8 Å². The van der Waals surface area contributed by atoms with Crippen LogP contribution in [0.3, 0.4) is 0 Å². The van der Waals surface area contributed by atoms with E-state index in [9.17, 15) is 0 Å². The summed E-state index contributed by atoms with van der Waals surface area (Å²) >= 11 is 0. The summed E-state index contributed by atoms with van der Waals surface area (Å²) < 4.78 is 6.99. The quantitative estimate of drug-likeness (QED) is 0.176. The molecule has 0 N–H and O–H groups in total.